The van der Waals surface area contributed by atoms with Gasteiger partial charge in [-0.05, 0) is 30.3 Å². The van der Waals surface area contributed by atoms with Gasteiger partial charge in [0.05, 0.1) is 29.2 Å². The number of rotatable bonds is 5. The summed E-state index contributed by atoms with van der Waals surface area (Å²) < 4.78 is 54.2. The molecule has 0 aliphatic heterocycles. The molecule has 3 aromatic rings. The number of carbonyl (C=O) groups is 1. The highest BCUT2D eigenvalue weighted by atomic mass is 19.4. The Bertz CT molecular complexity index is 972. The average Bonchev–Trinajstić information content (AvgIpc) is 3.15. The predicted octanol–water partition coefficient (Wildman–Crippen LogP) is 3.50. The van der Waals surface area contributed by atoms with E-state index in [1.165, 1.54) is 53.5 Å². The zero-order chi connectivity index (χ0) is 20.3. The molecule has 0 unspecified atom stereocenters. The number of benzene rings is 2. The van der Waals surface area contributed by atoms with Crippen LogP contribution in [0.5, 0.6) is 0 Å². The quantitative estimate of drug-likeness (QED) is 0.674. The summed E-state index contributed by atoms with van der Waals surface area (Å²) in [5.74, 6) is -1.13. The van der Waals surface area contributed by atoms with Crippen LogP contribution in [0.2, 0.25) is 0 Å². The fourth-order valence-electron chi connectivity index (χ4n) is 2.60. The fourth-order valence-corrected chi connectivity index (χ4v) is 2.60. The van der Waals surface area contributed by atoms with Crippen molar-refractivity contribution >= 4 is 17.3 Å². The molecule has 0 aliphatic carbocycles. The molecule has 0 radical (unpaired) electrons. The number of carbonyl (C=O) groups excluding carboxylic acids is 1. The molecule has 2 aromatic carbocycles. The van der Waals surface area contributed by atoms with Crippen molar-refractivity contribution in [3.63, 3.8) is 0 Å². The summed E-state index contributed by atoms with van der Waals surface area (Å²) in [6, 6.07) is 8.76. The number of aromatic nitrogens is 3. The number of hydrogen-bond donors (Lipinski definition) is 1. The Morgan fingerprint density at radius 1 is 1.21 bits per heavy atom. The molecule has 6 nitrogen and oxygen atoms in total. The van der Waals surface area contributed by atoms with Crippen LogP contribution < -0.4 is 10.2 Å². The molecule has 0 saturated heterocycles. The van der Waals surface area contributed by atoms with E-state index in [-0.39, 0.29) is 23.6 Å². The first-order chi connectivity index (χ1) is 13.3. The molecule has 28 heavy (non-hydrogen) atoms. The Kier molecular flexibility index (Phi) is 5.30. The first-order valence-corrected chi connectivity index (χ1v) is 8.07. The van der Waals surface area contributed by atoms with E-state index in [1.54, 1.807) is 6.07 Å². The molecule has 0 saturated carbocycles. The Hall–Kier alpha value is -3.43. The van der Waals surface area contributed by atoms with E-state index in [1.807, 2.05) is 0 Å². The number of nitrogens with one attached hydrogen (secondary N) is 1. The molecule has 1 amide bonds. The fraction of sp³-hybridized carbons (Fsp3) is 0.167. The summed E-state index contributed by atoms with van der Waals surface area (Å²) in [6.45, 7) is -0.270. The summed E-state index contributed by atoms with van der Waals surface area (Å²) in [5, 5.41) is 6.32. The maximum atomic E-state index is 13.8. The second-order valence-electron chi connectivity index (χ2n) is 5.93. The van der Waals surface area contributed by atoms with Gasteiger partial charge < -0.3 is 10.2 Å². The van der Waals surface area contributed by atoms with E-state index in [0.717, 1.165) is 12.1 Å². The average molecular weight is 393 g/mol. The highest BCUT2D eigenvalue weighted by Crippen LogP contribution is 2.33. The topological polar surface area (TPSA) is 63.1 Å². The molecule has 3 rings (SSSR count). The first-order valence-electron chi connectivity index (χ1n) is 8.07. The third kappa shape index (κ3) is 4.27. The molecule has 1 heterocycles. The van der Waals surface area contributed by atoms with Crippen LogP contribution in [-0.4, -0.2) is 34.3 Å². The van der Waals surface area contributed by atoms with Crippen LogP contribution >= 0.6 is 0 Å². The molecule has 10 heteroatoms. The summed E-state index contributed by atoms with van der Waals surface area (Å²) in [4.78, 5) is 17.5. The number of nitrogens with zero attached hydrogens (tertiary/aromatic N) is 4. The molecular weight excluding hydrogens is 378 g/mol. The zero-order valence-electron chi connectivity index (χ0n) is 14.6. The second kappa shape index (κ2) is 7.67. The number of hydrogen-bond acceptors (Lipinski definition) is 4. The molecule has 0 spiro atoms. The van der Waals surface area contributed by atoms with Crippen molar-refractivity contribution in [1.29, 1.82) is 0 Å². The summed E-state index contributed by atoms with van der Waals surface area (Å²) in [5.41, 5.74) is -0.605. The van der Waals surface area contributed by atoms with Crippen molar-refractivity contribution in [2.45, 2.75) is 6.18 Å². The van der Waals surface area contributed by atoms with Crippen molar-refractivity contribution in [3.05, 3.63) is 66.5 Å². The predicted molar refractivity (Wildman–Crippen MR) is 94.7 cm³/mol. The van der Waals surface area contributed by atoms with E-state index in [2.05, 4.69) is 15.4 Å². The van der Waals surface area contributed by atoms with Crippen molar-refractivity contribution in [3.8, 4) is 5.69 Å². The molecule has 146 valence electrons. The molecule has 0 fully saturated rings. The lowest BCUT2D eigenvalue weighted by Crippen LogP contribution is -2.31. The first kappa shape index (κ1) is 19.3. The molecule has 0 atom stereocenters. The van der Waals surface area contributed by atoms with Crippen LogP contribution in [0.25, 0.3) is 5.69 Å². The van der Waals surface area contributed by atoms with Crippen molar-refractivity contribution in [2.75, 3.05) is 23.8 Å². The third-order valence-corrected chi connectivity index (χ3v) is 3.91. The van der Waals surface area contributed by atoms with E-state index < -0.39 is 23.5 Å². The van der Waals surface area contributed by atoms with Gasteiger partial charge in [0.1, 0.15) is 18.5 Å². The highest BCUT2D eigenvalue weighted by molar-refractivity contribution is 5.96. The minimum atomic E-state index is -4.58. The van der Waals surface area contributed by atoms with Crippen LogP contribution in [0.3, 0.4) is 0 Å². The van der Waals surface area contributed by atoms with Gasteiger partial charge >= 0.3 is 6.18 Å². The Labute approximate surface area is 157 Å². The summed E-state index contributed by atoms with van der Waals surface area (Å²) in [6.07, 6.45) is -2.07. The van der Waals surface area contributed by atoms with Crippen molar-refractivity contribution < 1.29 is 22.4 Å². The van der Waals surface area contributed by atoms with Crippen molar-refractivity contribution in [2.24, 2.45) is 0 Å². The number of anilines is 2. The van der Waals surface area contributed by atoms with Gasteiger partial charge in [0.25, 0.3) is 0 Å². The summed E-state index contributed by atoms with van der Waals surface area (Å²) >= 11 is 0. The summed E-state index contributed by atoms with van der Waals surface area (Å²) in [7, 11) is 1.50. The van der Waals surface area contributed by atoms with Crippen LogP contribution in [-0.2, 0) is 11.0 Å². The minimum absolute atomic E-state index is 0.0905. The Morgan fingerprint density at radius 2 is 1.96 bits per heavy atom. The van der Waals surface area contributed by atoms with Gasteiger partial charge in [0.15, 0.2) is 0 Å². The van der Waals surface area contributed by atoms with Gasteiger partial charge in [-0.25, -0.2) is 14.1 Å². The van der Waals surface area contributed by atoms with Gasteiger partial charge in [-0.3, -0.25) is 4.79 Å². The monoisotopic (exact) mass is 393 g/mol. The van der Waals surface area contributed by atoms with Gasteiger partial charge in [-0.2, -0.15) is 18.3 Å². The number of amides is 1. The smallest absolute Gasteiger partial charge is 0.363 e. The number of para-hydroxylation sites is 1. The minimum Gasteiger partial charge on any atom is -0.363 e. The number of alkyl halides is 3. The van der Waals surface area contributed by atoms with E-state index in [4.69, 9.17) is 0 Å². The van der Waals surface area contributed by atoms with Gasteiger partial charge in [-0.1, -0.05) is 12.1 Å². The molecule has 1 aromatic heterocycles. The standard InChI is InChI=1S/C18H15F4N5O/c1-26(15-5-3-2-4-13(15)19)9-17(28)25-14-8-12(18(20,21)22)6-7-16(14)27-11-23-10-24-27/h2-8,10-11H,9H2,1H3,(H,25,28). The SMILES string of the molecule is CN(CC(=O)Nc1cc(C(F)(F)F)ccc1-n1cncn1)c1ccccc1F. The zero-order valence-corrected chi connectivity index (χ0v) is 14.6. The lowest BCUT2D eigenvalue weighted by atomic mass is 10.1. The molecular formula is C18H15F4N5O. The van der Waals surface area contributed by atoms with Crippen LogP contribution in [0.1, 0.15) is 5.56 Å². The van der Waals surface area contributed by atoms with Gasteiger partial charge in [0.2, 0.25) is 5.91 Å². The maximum absolute atomic E-state index is 13.8. The number of likely N-dealkylation sites (N-methyl/N-ethyl adjacent to an activating group) is 1. The number of halogens is 4. The van der Waals surface area contributed by atoms with Crippen LogP contribution in [0.15, 0.2) is 55.1 Å². The van der Waals surface area contributed by atoms with Crippen LogP contribution in [0.4, 0.5) is 28.9 Å². The molecule has 0 bridgehead atoms. The van der Waals surface area contributed by atoms with Gasteiger partial charge in [-0.15, -0.1) is 0 Å². The maximum Gasteiger partial charge on any atom is 0.416 e. The van der Waals surface area contributed by atoms with Crippen molar-refractivity contribution in [1.82, 2.24) is 14.8 Å². The van der Waals surface area contributed by atoms with E-state index in [0.29, 0.717) is 0 Å². The second-order valence-corrected chi connectivity index (χ2v) is 5.93. The van der Waals surface area contributed by atoms with Gasteiger partial charge in [0, 0.05) is 7.05 Å². The van der Waals surface area contributed by atoms with Crippen LogP contribution in [0, 0.1) is 5.82 Å². The highest BCUT2D eigenvalue weighted by Gasteiger charge is 2.31. The largest absolute Gasteiger partial charge is 0.416 e. The third-order valence-electron chi connectivity index (χ3n) is 3.91. The normalized spacial score (nSPS) is 11.3. The molecule has 1 N–H and O–H groups in total. The Balaban J connectivity index is 1.85. The lowest BCUT2D eigenvalue weighted by Gasteiger charge is -2.20. The lowest BCUT2D eigenvalue weighted by molar-refractivity contribution is -0.137. The van der Waals surface area contributed by atoms with E-state index in [9.17, 15) is 22.4 Å². The van der Waals surface area contributed by atoms with E-state index >= 15 is 0 Å². The molecule has 0 aliphatic rings. The Morgan fingerprint density at radius 3 is 2.61 bits per heavy atom.